The molecule has 0 spiro atoms. The van der Waals surface area contributed by atoms with Crippen molar-refractivity contribution in [2.45, 2.75) is 45.0 Å². The summed E-state index contributed by atoms with van der Waals surface area (Å²) < 4.78 is 5.56. The zero-order valence-electron chi connectivity index (χ0n) is 10.6. The van der Waals surface area contributed by atoms with Crippen LogP contribution in [-0.2, 0) is 14.3 Å². The molecule has 0 radical (unpaired) electrons. The molecule has 2 saturated carbocycles. The van der Waals surface area contributed by atoms with Gasteiger partial charge in [-0.25, -0.2) is 4.79 Å². The number of carbonyl (C=O) groups is 2. The molecule has 0 bridgehead atoms. The van der Waals surface area contributed by atoms with Crippen molar-refractivity contribution in [1.82, 2.24) is 0 Å². The summed E-state index contributed by atoms with van der Waals surface area (Å²) in [5.41, 5.74) is 0.868. The first-order valence-corrected chi connectivity index (χ1v) is 9.88. The van der Waals surface area contributed by atoms with E-state index in [4.69, 9.17) is 4.74 Å². The van der Waals surface area contributed by atoms with Gasteiger partial charge in [0.1, 0.15) is 6.10 Å². The smallest absolute Gasteiger partial charge is 0.330 e. The van der Waals surface area contributed by atoms with Crippen molar-refractivity contribution in [3.8, 4) is 0 Å². The monoisotopic (exact) mass is 250 g/mol. The second kappa shape index (κ2) is 3.31. The van der Waals surface area contributed by atoms with Crippen LogP contribution in [0, 0.1) is 11.8 Å². The fourth-order valence-corrected chi connectivity index (χ4v) is 5.47. The summed E-state index contributed by atoms with van der Waals surface area (Å²) in [7, 11) is -1.79. The van der Waals surface area contributed by atoms with E-state index in [9.17, 15) is 9.59 Å². The summed E-state index contributed by atoms with van der Waals surface area (Å²) in [6.07, 6.45) is 2.61. The van der Waals surface area contributed by atoms with Crippen LogP contribution in [0.15, 0.2) is 10.8 Å². The minimum Gasteiger partial charge on any atom is -0.459 e. The Kier molecular flexibility index (Phi) is 2.18. The Morgan fingerprint density at radius 1 is 1.18 bits per heavy atom. The largest absolute Gasteiger partial charge is 0.459 e. The minimum absolute atomic E-state index is 0.00551. The summed E-state index contributed by atoms with van der Waals surface area (Å²) in [4.78, 5) is 24.3. The van der Waals surface area contributed by atoms with E-state index in [1.165, 1.54) is 0 Å². The average molecular weight is 250 g/mol. The first-order chi connectivity index (χ1) is 7.89. The highest BCUT2D eigenvalue weighted by Crippen LogP contribution is 2.51. The fraction of sp³-hybridized carbons (Fsp3) is 0.692. The van der Waals surface area contributed by atoms with Crippen LogP contribution in [0.5, 0.6) is 0 Å². The molecule has 3 aliphatic rings. The first kappa shape index (κ1) is 11.2. The summed E-state index contributed by atoms with van der Waals surface area (Å²) in [6.45, 7) is 6.35. The lowest BCUT2D eigenvalue weighted by atomic mass is 9.93. The molecule has 17 heavy (non-hydrogen) atoms. The number of rotatable bonds is 1. The Bertz CT molecular complexity index is 444. The number of hydrogen-bond acceptors (Lipinski definition) is 3. The van der Waals surface area contributed by atoms with E-state index in [1.807, 2.05) is 0 Å². The molecule has 1 heterocycles. The van der Waals surface area contributed by atoms with Gasteiger partial charge in [0.2, 0.25) is 0 Å². The van der Waals surface area contributed by atoms with Crippen molar-refractivity contribution in [1.29, 1.82) is 0 Å². The molecule has 0 aromatic heterocycles. The van der Waals surface area contributed by atoms with Crippen molar-refractivity contribution in [2.24, 2.45) is 11.8 Å². The summed E-state index contributed by atoms with van der Waals surface area (Å²) >= 11 is 0. The zero-order chi connectivity index (χ0) is 12.4. The molecule has 0 aromatic rings. The van der Waals surface area contributed by atoms with Gasteiger partial charge >= 0.3 is 5.97 Å². The number of esters is 1. The fourth-order valence-electron chi connectivity index (χ4n) is 3.68. The van der Waals surface area contributed by atoms with Gasteiger partial charge in [-0.15, -0.1) is 0 Å². The van der Waals surface area contributed by atoms with E-state index in [0.717, 1.165) is 23.6 Å². The molecular formula is C13H18O3Si. The van der Waals surface area contributed by atoms with Gasteiger partial charge in [-0.3, -0.25) is 4.79 Å². The van der Waals surface area contributed by atoms with Gasteiger partial charge in [0.25, 0.3) is 0 Å². The van der Waals surface area contributed by atoms with Gasteiger partial charge in [-0.1, -0.05) is 19.6 Å². The van der Waals surface area contributed by atoms with Gasteiger partial charge in [0.15, 0.2) is 5.78 Å². The van der Waals surface area contributed by atoms with Crippen LogP contribution in [0.1, 0.15) is 19.3 Å². The topological polar surface area (TPSA) is 43.4 Å². The van der Waals surface area contributed by atoms with Crippen LogP contribution in [-0.4, -0.2) is 25.9 Å². The number of carbonyl (C=O) groups excluding carboxylic acids is 2. The van der Waals surface area contributed by atoms with Crippen LogP contribution in [0.4, 0.5) is 0 Å². The molecule has 3 nitrogen and oxygen atoms in total. The molecule has 92 valence electrons. The van der Waals surface area contributed by atoms with Crippen molar-refractivity contribution < 1.29 is 14.3 Å². The van der Waals surface area contributed by atoms with Crippen molar-refractivity contribution in [3.05, 3.63) is 10.8 Å². The standard InChI is InChI=1S/C13H18O3Si/c1-17(2,3)12-11-8(14)6-7-4-5-9(10(7)11)16-13(12)15/h7,9-10H,4-6H2,1-3H3/t7-,9-,10+/m0/s1. The van der Waals surface area contributed by atoms with Gasteiger partial charge in [-0.05, 0) is 18.8 Å². The maximum absolute atomic E-state index is 12.2. The van der Waals surface area contributed by atoms with Gasteiger partial charge in [0, 0.05) is 23.1 Å². The molecule has 2 fully saturated rings. The Hall–Kier alpha value is -0.903. The lowest BCUT2D eigenvalue weighted by Crippen LogP contribution is -2.41. The molecule has 0 saturated heterocycles. The molecule has 3 atom stereocenters. The zero-order valence-corrected chi connectivity index (χ0v) is 11.6. The Morgan fingerprint density at radius 3 is 2.53 bits per heavy atom. The molecule has 4 heteroatoms. The van der Waals surface area contributed by atoms with Gasteiger partial charge in [0.05, 0.1) is 8.07 Å². The third-order valence-corrected chi connectivity index (χ3v) is 6.27. The van der Waals surface area contributed by atoms with Crippen molar-refractivity contribution >= 4 is 19.8 Å². The highest BCUT2D eigenvalue weighted by atomic mass is 28.3. The number of hydrogen-bond donors (Lipinski definition) is 0. The quantitative estimate of drug-likeness (QED) is 0.528. The van der Waals surface area contributed by atoms with Crippen molar-refractivity contribution in [3.63, 3.8) is 0 Å². The van der Waals surface area contributed by atoms with Gasteiger partial charge < -0.3 is 4.74 Å². The SMILES string of the molecule is C[Si](C)(C)C1=C2C(=O)C[C@@H]3CC[C@H](OC1=O)[C@H]23. The second-order valence-corrected chi connectivity index (χ2v) is 11.5. The van der Waals surface area contributed by atoms with Crippen LogP contribution in [0.2, 0.25) is 19.6 Å². The van der Waals surface area contributed by atoms with Gasteiger partial charge in [-0.2, -0.15) is 0 Å². The summed E-state index contributed by atoms with van der Waals surface area (Å²) in [6, 6.07) is 0. The molecular weight excluding hydrogens is 232 g/mol. The predicted molar refractivity (Wildman–Crippen MR) is 66.1 cm³/mol. The Labute approximate surface area is 102 Å². The second-order valence-electron chi connectivity index (χ2n) is 6.47. The van der Waals surface area contributed by atoms with E-state index < -0.39 is 8.07 Å². The molecule has 0 aromatic carbocycles. The molecule has 0 N–H and O–H groups in total. The number of ketones is 1. The Balaban J connectivity index is 2.19. The maximum atomic E-state index is 12.2. The molecule has 3 rings (SSSR count). The first-order valence-electron chi connectivity index (χ1n) is 6.38. The van der Waals surface area contributed by atoms with E-state index in [1.54, 1.807) is 0 Å². The maximum Gasteiger partial charge on any atom is 0.330 e. The average Bonchev–Trinajstić information content (AvgIpc) is 2.70. The number of ether oxygens (including phenoxy) is 1. The highest BCUT2D eigenvalue weighted by Gasteiger charge is 2.54. The summed E-state index contributed by atoms with van der Waals surface area (Å²) in [5.74, 6) is 0.707. The van der Waals surface area contributed by atoms with E-state index in [0.29, 0.717) is 12.3 Å². The van der Waals surface area contributed by atoms with Crippen LogP contribution in [0.25, 0.3) is 0 Å². The lowest BCUT2D eigenvalue weighted by molar-refractivity contribution is -0.147. The molecule has 0 unspecified atom stereocenters. The van der Waals surface area contributed by atoms with Crippen LogP contribution < -0.4 is 0 Å². The third kappa shape index (κ3) is 1.46. The van der Waals surface area contributed by atoms with E-state index in [2.05, 4.69) is 19.6 Å². The van der Waals surface area contributed by atoms with E-state index in [-0.39, 0.29) is 23.8 Å². The summed E-state index contributed by atoms with van der Waals surface area (Å²) in [5, 5.41) is 0.771. The Morgan fingerprint density at radius 2 is 1.88 bits per heavy atom. The molecule has 2 aliphatic carbocycles. The predicted octanol–water partition coefficient (Wildman–Crippen LogP) is 2.08. The van der Waals surface area contributed by atoms with Crippen LogP contribution >= 0.6 is 0 Å². The van der Waals surface area contributed by atoms with Crippen molar-refractivity contribution in [2.75, 3.05) is 0 Å². The lowest BCUT2D eigenvalue weighted by Gasteiger charge is -2.32. The highest BCUT2D eigenvalue weighted by molar-refractivity contribution is 6.87. The van der Waals surface area contributed by atoms with Crippen LogP contribution in [0.3, 0.4) is 0 Å². The molecule has 0 amide bonds. The molecule has 1 aliphatic heterocycles. The minimum atomic E-state index is -1.79. The normalized spacial score (nSPS) is 36.3. The van der Waals surface area contributed by atoms with E-state index >= 15 is 0 Å². The third-order valence-electron chi connectivity index (χ3n) is 4.29. The number of Topliss-reactive ketones (excluding diaryl/α,β-unsaturated/α-hetero) is 1.